The number of hydrogen-bond acceptors (Lipinski definition) is 2. The normalized spacial score (nSPS) is 13.3. The Labute approximate surface area is 181 Å². The van der Waals surface area contributed by atoms with Crippen molar-refractivity contribution in [3.05, 3.63) is 101 Å². The zero-order valence-electron chi connectivity index (χ0n) is 17.3. The van der Waals surface area contributed by atoms with Crippen molar-refractivity contribution in [1.82, 2.24) is 4.90 Å². The van der Waals surface area contributed by atoms with Crippen LogP contribution in [0.5, 0.6) is 0 Å². The van der Waals surface area contributed by atoms with E-state index in [1.165, 1.54) is 12.1 Å². The van der Waals surface area contributed by atoms with Crippen LogP contribution in [0.25, 0.3) is 0 Å². The zero-order valence-corrected chi connectivity index (χ0v) is 17.3. The first-order valence-electron chi connectivity index (χ1n) is 10.6. The number of amides is 2. The topological polar surface area (TPSA) is 40.6 Å². The second-order valence-corrected chi connectivity index (χ2v) is 7.81. The van der Waals surface area contributed by atoms with Gasteiger partial charge in [-0.3, -0.25) is 9.59 Å². The largest absolute Gasteiger partial charge is 0.342 e. The molecule has 0 saturated carbocycles. The van der Waals surface area contributed by atoms with Crippen molar-refractivity contribution in [3.63, 3.8) is 0 Å². The van der Waals surface area contributed by atoms with Crippen molar-refractivity contribution >= 4 is 17.5 Å². The standard InChI is InChI=1S/C26H25FN2O2/c27-23-12-8-21(9-13-23)19-29(26(31)22-6-2-1-3-7-22)24-14-10-20(11-15-24)18-25(30)28-16-4-5-17-28/h1-3,6-15H,4-5,16-19H2. The molecule has 5 heteroatoms. The summed E-state index contributed by atoms with van der Waals surface area (Å²) < 4.78 is 13.3. The van der Waals surface area contributed by atoms with Gasteiger partial charge in [-0.25, -0.2) is 4.39 Å². The summed E-state index contributed by atoms with van der Waals surface area (Å²) in [5.41, 5.74) is 3.07. The highest BCUT2D eigenvalue weighted by atomic mass is 19.1. The molecular weight excluding hydrogens is 391 g/mol. The van der Waals surface area contributed by atoms with Crippen LogP contribution in [-0.4, -0.2) is 29.8 Å². The maximum Gasteiger partial charge on any atom is 0.258 e. The van der Waals surface area contributed by atoms with E-state index in [9.17, 15) is 14.0 Å². The molecule has 1 aliphatic rings. The van der Waals surface area contributed by atoms with E-state index in [1.54, 1.807) is 29.2 Å². The molecule has 158 valence electrons. The average Bonchev–Trinajstić information content (AvgIpc) is 3.35. The van der Waals surface area contributed by atoms with Gasteiger partial charge < -0.3 is 9.80 Å². The molecule has 3 aromatic rings. The Balaban J connectivity index is 1.55. The SMILES string of the molecule is O=C(Cc1ccc(N(Cc2ccc(F)cc2)C(=O)c2ccccc2)cc1)N1CCCC1. The van der Waals surface area contributed by atoms with Gasteiger partial charge in [-0.1, -0.05) is 42.5 Å². The summed E-state index contributed by atoms with van der Waals surface area (Å²) in [5, 5.41) is 0. The van der Waals surface area contributed by atoms with Crippen molar-refractivity contribution in [1.29, 1.82) is 0 Å². The van der Waals surface area contributed by atoms with Crippen LogP contribution in [0.3, 0.4) is 0 Å². The van der Waals surface area contributed by atoms with Gasteiger partial charge in [0.15, 0.2) is 0 Å². The monoisotopic (exact) mass is 416 g/mol. The van der Waals surface area contributed by atoms with Crippen LogP contribution >= 0.6 is 0 Å². The maximum absolute atomic E-state index is 13.3. The first-order chi connectivity index (χ1) is 15.1. The summed E-state index contributed by atoms with van der Waals surface area (Å²) in [6.07, 6.45) is 2.51. The molecule has 4 rings (SSSR count). The van der Waals surface area contributed by atoms with Crippen LogP contribution in [0, 0.1) is 5.82 Å². The highest BCUT2D eigenvalue weighted by Crippen LogP contribution is 2.22. The summed E-state index contributed by atoms with van der Waals surface area (Å²) >= 11 is 0. The molecule has 0 bridgehead atoms. The number of nitrogens with zero attached hydrogens (tertiary/aromatic N) is 2. The van der Waals surface area contributed by atoms with Gasteiger partial charge in [0.1, 0.15) is 5.82 Å². The Kier molecular flexibility index (Phi) is 6.41. The van der Waals surface area contributed by atoms with Crippen molar-refractivity contribution < 1.29 is 14.0 Å². The molecule has 4 nitrogen and oxygen atoms in total. The van der Waals surface area contributed by atoms with Crippen molar-refractivity contribution in [3.8, 4) is 0 Å². The average molecular weight is 416 g/mol. The fourth-order valence-electron chi connectivity index (χ4n) is 3.84. The van der Waals surface area contributed by atoms with E-state index in [0.29, 0.717) is 18.5 Å². The van der Waals surface area contributed by atoms with Gasteiger partial charge in [-0.05, 0) is 60.4 Å². The molecule has 3 aromatic carbocycles. The van der Waals surface area contributed by atoms with Gasteiger partial charge >= 0.3 is 0 Å². The minimum Gasteiger partial charge on any atom is -0.342 e. The van der Waals surface area contributed by atoms with E-state index in [2.05, 4.69) is 0 Å². The zero-order chi connectivity index (χ0) is 21.6. The Morgan fingerprint density at radius 1 is 0.806 bits per heavy atom. The number of halogens is 1. The van der Waals surface area contributed by atoms with Crippen molar-refractivity contribution in [2.75, 3.05) is 18.0 Å². The molecule has 0 N–H and O–H groups in total. The minimum atomic E-state index is -0.309. The molecule has 1 fully saturated rings. The second-order valence-electron chi connectivity index (χ2n) is 7.81. The lowest BCUT2D eigenvalue weighted by atomic mass is 10.1. The molecule has 0 atom stereocenters. The van der Waals surface area contributed by atoms with Gasteiger partial charge in [-0.15, -0.1) is 0 Å². The number of benzene rings is 3. The summed E-state index contributed by atoms with van der Waals surface area (Å²) in [7, 11) is 0. The Bertz CT molecular complexity index is 1030. The molecule has 1 aliphatic heterocycles. The van der Waals surface area contributed by atoms with Crippen LogP contribution in [0.2, 0.25) is 0 Å². The van der Waals surface area contributed by atoms with E-state index in [4.69, 9.17) is 0 Å². The van der Waals surface area contributed by atoms with E-state index >= 15 is 0 Å². The molecule has 0 aliphatic carbocycles. The molecule has 31 heavy (non-hydrogen) atoms. The third kappa shape index (κ3) is 5.18. The number of rotatable bonds is 6. The molecule has 0 unspecified atom stereocenters. The molecule has 0 spiro atoms. The predicted molar refractivity (Wildman–Crippen MR) is 119 cm³/mol. The Hall–Kier alpha value is -3.47. The summed E-state index contributed by atoms with van der Waals surface area (Å²) in [4.78, 5) is 29.3. The number of carbonyl (C=O) groups excluding carboxylic acids is 2. The number of carbonyl (C=O) groups is 2. The summed E-state index contributed by atoms with van der Waals surface area (Å²) in [6, 6.07) is 22.8. The predicted octanol–water partition coefficient (Wildman–Crippen LogP) is 4.84. The van der Waals surface area contributed by atoms with Gasteiger partial charge in [-0.2, -0.15) is 0 Å². The lowest BCUT2D eigenvalue weighted by Gasteiger charge is -2.24. The van der Waals surface area contributed by atoms with Crippen LogP contribution < -0.4 is 4.90 Å². The first kappa shape index (κ1) is 20.8. The third-order valence-corrected chi connectivity index (χ3v) is 5.58. The van der Waals surface area contributed by atoms with E-state index in [-0.39, 0.29) is 17.6 Å². The molecule has 1 saturated heterocycles. The summed E-state index contributed by atoms with van der Waals surface area (Å²) in [6.45, 7) is 2.00. The maximum atomic E-state index is 13.3. The number of hydrogen-bond donors (Lipinski definition) is 0. The van der Waals surface area contributed by atoms with Gasteiger partial charge in [0.25, 0.3) is 5.91 Å². The molecule has 1 heterocycles. The smallest absolute Gasteiger partial charge is 0.258 e. The molecule has 2 amide bonds. The molecule has 0 aromatic heterocycles. The molecular formula is C26H25FN2O2. The minimum absolute atomic E-state index is 0.134. The van der Waals surface area contributed by atoms with Crippen LogP contribution in [0.1, 0.15) is 34.3 Å². The lowest BCUT2D eigenvalue weighted by Crippen LogP contribution is -2.30. The molecule has 0 radical (unpaired) electrons. The van der Waals surface area contributed by atoms with Crippen molar-refractivity contribution in [2.45, 2.75) is 25.8 Å². The van der Waals surface area contributed by atoms with Gasteiger partial charge in [0.05, 0.1) is 13.0 Å². The number of likely N-dealkylation sites (tertiary alicyclic amines) is 1. The first-order valence-corrected chi connectivity index (χ1v) is 10.6. The highest BCUT2D eigenvalue weighted by molar-refractivity contribution is 6.06. The fraction of sp³-hybridized carbons (Fsp3) is 0.231. The van der Waals surface area contributed by atoms with E-state index < -0.39 is 0 Å². The van der Waals surface area contributed by atoms with E-state index in [0.717, 1.165) is 42.7 Å². The number of anilines is 1. The van der Waals surface area contributed by atoms with Crippen molar-refractivity contribution in [2.24, 2.45) is 0 Å². The third-order valence-electron chi connectivity index (χ3n) is 5.58. The Morgan fingerprint density at radius 2 is 1.42 bits per heavy atom. The fourth-order valence-corrected chi connectivity index (χ4v) is 3.84. The quantitative estimate of drug-likeness (QED) is 0.577. The highest BCUT2D eigenvalue weighted by Gasteiger charge is 2.20. The van der Waals surface area contributed by atoms with Crippen LogP contribution in [0.15, 0.2) is 78.9 Å². The lowest BCUT2D eigenvalue weighted by molar-refractivity contribution is -0.129. The van der Waals surface area contributed by atoms with Gasteiger partial charge in [0, 0.05) is 24.3 Å². The second kappa shape index (κ2) is 9.56. The van der Waals surface area contributed by atoms with Crippen LogP contribution in [0.4, 0.5) is 10.1 Å². The van der Waals surface area contributed by atoms with E-state index in [1.807, 2.05) is 47.4 Å². The van der Waals surface area contributed by atoms with Gasteiger partial charge in [0.2, 0.25) is 5.91 Å². The van der Waals surface area contributed by atoms with Crippen LogP contribution in [-0.2, 0) is 17.8 Å². The Morgan fingerprint density at radius 3 is 2.06 bits per heavy atom. The summed E-state index contributed by atoms with van der Waals surface area (Å²) in [5.74, 6) is -0.295.